The lowest BCUT2D eigenvalue weighted by Crippen LogP contribution is -2.08. The summed E-state index contributed by atoms with van der Waals surface area (Å²) in [6.07, 6.45) is 11.7. The van der Waals surface area contributed by atoms with Gasteiger partial charge in [0, 0.05) is 36.0 Å². The number of unbranched alkanes of at least 4 members (excludes halogenated alkanes) is 1. The minimum Gasteiger partial charge on any atom is -0.491 e. The van der Waals surface area contributed by atoms with E-state index in [-0.39, 0.29) is 5.91 Å². The minimum atomic E-state index is -1.19. The quantitative estimate of drug-likeness (QED) is 0.110. The third-order valence-electron chi connectivity index (χ3n) is 7.25. The van der Waals surface area contributed by atoms with Crippen LogP contribution in [-0.2, 0) is 32.6 Å². The van der Waals surface area contributed by atoms with Crippen LogP contribution in [0.25, 0.3) is 17.2 Å². The van der Waals surface area contributed by atoms with Crippen molar-refractivity contribution in [2.75, 3.05) is 25.1 Å². The predicted octanol–water partition coefficient (Wildman–Crippen LogP) is 7.12. The van der Waals surface area contributed by atoms with Crippen LogP contribution in [0.1, 0.15) is 43.9 Å². The molecule has 8 heteroatoms. The molecule has 0 bridgehead atoms. The number of hydrogen-bond donors (Lipinski definition) is 1. The van der Waals surface area contributed by atoms with E-state index in [1.165, 1.54) is 18.9 Å². The van der Waals surface area contributed by atoms with E-state index in [2.05, 4.69) is 21.8 Å². The zero-order valence-electron chi connectivity index (χ0n) is 24.6. The van der Waals surface area contributed by atoms with Crippen molar-refractivity contribution in [3.05, 3.63) is 103 Å². The second-order valence-corrected chi connectivity index (χ2v) is 12.2. The summed E-state index contributed by atoms with van der Waals surface area (Å²) in [5.74, 6) is 1.73. The van der Waals surface area contributed by atoms with Gasteiger partial charge < -0.3 is 19.4 Å². The summed E-state index contributed by atoms with van der Waals surface area (Å²) in [4.78, 5) is 17.6. The molecular formula is C35H39N3O4S. The fourth-order valence-corrected chi connectivity index (χ4v) is 5.72. The van der Waals surface area contributed by atoms with Crippen LogP contribution in [0.4, 0.5) is 5.69 Å². The highest BCUT2D eigenvalue weighted by Crippen LogP contribution is 2.31. The normalized spacial score (nSPS) is 13.7. The van der Waals surface area contributed by atoms with Gasteiger partial charge >= 0.3 is 0 Å². The fourth-order valence-electron chi connectivity index (χ4n) is 4.61. The molecule has 1 N–H and O–H groups in total. The van der Waals surface area contributed by atoms with Gasteiger partial charge in [-0.15, -0.1) is 0 Å². The summed E-state index contributed by atoms with van der Waals surface area (Å²) < 4.78 is 26.4. The van der Waals surface area contributed by atoms with Gasteiger partial charge in [-0.2, -0.15) is 0 Å². The number of benzene rings is 3. The van der Waals surface area contributed by atoms with E-state index in [0.29, 0.717) is 24.7 Å². The van der Waals surface area contributed by atoms with E-state index in [0.717, 1.165) is 64.9 Å². The number of aromatic nitrogens is 2. The number of anilines is 1. The Morgan fingerprint density at radius 1 is 1.02 bits per heavy atom. The molecule has 1 amide bonds. The molecule has 1 fully saturated rings. The van der Waals surface area contributed by atoms with Crippen molar-refractivity contribution in [3.63, 3.8) is 0 Å². The maximum Gasteiger partial charge on any atom is 0.248 e. The highest BCUT2D eigenvalue weighted by molar-refractivity contribution is 7.84. The molecule has 0 radical (unpaired) electrons. The molecule has 1 heterocycles. The smallest absolute Gasteiger partial charge is 0.248 e. The largest absolute Gasteiger partial charge is 0.491 e. The molecule has 5 rings (SSSR count). The van der Waals surface area contributed by atoms with Gasteiger partial charge in [0.05, 0.1) is 35.2 Å². The lowest BCUT2D eigenvalue weighted by atomic mass is 10.0. The van der Waals surface area contributed by atoms with Crippen LogP contribution >= 0.6 is 0 Å². The summed E-state index contributed by atoms with van der Waals surface area (Å²) in [6, 6.07) is 23.2. The Hall–Kier alpha value is -4.01. The number of rotatable bonds is 16. The van der Waals surface area contributed by atoms with Gasteiger partial charge in [-0.25, -0.2) is 4.98 Å². The van der Waals surface area contributed by atoms with Gasteiger partial charge in [0.2, 0.25) is 5.91 Å². The molecule has 4 aromatic rings. The Morgan fingerprint density at radius 3 is 2.60 bits per heavy atom. The Bertz CT molecular complexity index is 1530. The lowest BCUT2D eigenvalue weighted by Gasteiger charge is -2.09. The highest BCUT2D eigenvalue weighted by atomic mass is 32.2. The molecule has 43 heavy (non-hydrogen) atoms. The van der Waals surface area contributed by atoms with Crippen LogP contribution in [0.2, 0.25) is 0 Å². The van der Waals surface area contributed by atoms with Crippen LogP contribution in [0.3, 0.4) is 0 Å². The lowest BCUT2D eigenvalue weighted by molar-refractivity contribution is -0.111. The maximum atomic E-state index is 12.9. The molecule has 1 aliphatic carbocycles. The van der Waals surface area contributed by atoms with E-state index in [9.17, 15) is 9.00 Å². The zero-order chi connectivity index (χ0) is 29.9. The highest BCUT2D eigenvalue weighted by Gasteiger charge is 2.23. The Morgan fingerprint density at radius 2 is 1.84 bits per heavy atom. The monoisotopic (exact) mass is 597 g/mol. The van der Waals surface area contributed by atoms with Crippen molar-refractivity contribution >= 4 is 28.5 Å². The van der Waals surface area contributed by atoms with Crippen LogP contribution in [-0.4, -0.2) is 39.5 Å². The molecule has 0 aliphatic heterocycles. The summed E-state index contributed by atoms with van der Waals surface area (Å²) in [6.45, 7) is 4.99. The van der Waals surface area contributed by atoms with Gasteiger partial charge in [-0.05, 0) is 90.4 Å². The third kappa shape index (κ3) is 9.49. The van der Waals surface area contributed by atoms with Crippen molar-refractivity contribution in [3.8, 4) is 16.9 Å². The first kappa shape index (κ1) is 30.4. The molecule has 1 aliphatic rings. The molecule has 224 valence electrons. The number of amides is 1. The second kappa shape index (κ2) is 15.5. The zero-order valence-corrected chi connectivity index (χ0v) is 25.4. The van der Waals surface area contributed by atoms with Gasteiger partial charge in [-0.3, -0.25) is 9.00 Å². The van der Waals surface area contributed by atoms with E-state index in [4.69, 9.17) is 9.47 Å². The first-order valence-corrected chi connectivity index (χ1v) is 16.3. The van der Waals surface area contributed by atoms with E-state index in [1.807, 2.05) is 54.9 Å². The molecule has 1 atom stereocenters. The van der Waals surface area contributed by atoms with Crippen LogP contribution < -0.4 is 10.1 Å². The Labute approximate surface area is 256 Å². The fraction of sp³-hybridized carbons (Fsp3) is 0.314. The second-order valence-electron chi connectivity index (χ2n) is 10.8. The molecular weight excluding hydrogens is 558 g/mol. The van der Waals surface area contributed by atoms with Gasteiger partial charge in [-0.1, -0.05) is 43.7 Å². The molecule has 1 aromatic heterocycles. The summed E-state index contributed by atoms with van der Waals surface area (Å²) in [7, 11) is -1.19. The first-order chi connectivity index (χ1) is 21.1. The van der Waals surface area contributed by atoms with Gasteiger partial charge in [0.15, 0.2) is 0 Å². The summed E-state index contributed by atoms with van der Waals surface area (Å²) >= 11 is 0. The van der Waals surface area contributed by atoms with Crippen LogP contribution in [0, 0.1) is 5.92 Å². The predicted molar refractivity (Wildman–Crippen MR) is 172 cm³/mol. The van der Waals surface area contributed by atoms with Crippen molar-refractivity contribution < 1.29 is 18.5 Å². The number of nitrogens with zero attached hydrogens (tertiary/aromatic N) is 2. The topological polar surface area (TPSA) is 82.4 Å². The average molecular weight is 598 g/mol. The van der Waals surface area contributed by atoms with Crippen molar-refractivity contribution in [2.45, 2.75) is 49.8 Å². The van der Waals surface area contributed by atoms with Crippen molar-refractivity contribution in [2.24, 2.45) is 5.92 Å². The molecule has 3 aromatic carbocycles. The number of imidazole rings is 1. The molecule has 0 saturated heterocycles. The standard InChI is InChI=1S/C35H39N3O4S/c1-2-3-19-41-20-21-42-33-14-10-29(11-15-33)30-6-4-5-27(22-30)9-18-35(39)37-31-12-16-34(17-13-31)43(40)25-32-23-36-26-38(32)24-28-7-8-28/h4-6,9-18,22-23,26,28H,2-3,7-8,19-21,24-25H2,1H3,(H,37,39)/b18-9+/t43-/m1/s1. The van der Waals surface area contributed by atoms with Gasteiger partial charge in [0.1, 0.15) is 12.4 Å². The Balaban J connectivity index is 1.10. The first-order valence-electron chi connectivity index (χ1n) is 14.9. The van der Waals surface area contributed by atoms with Crippen LogP contribution in [0.15, 0.2) is 96.3 Å². The number of nitrogens with one attached hydrogen (secondary N) is 1. The number of ether oxygens (including phenoxy) is 2. The third-order valence-corrected chi connectivity index (χ3v) is 8.61. The molecule has 0 spiro atoms. The maximum absolute atomic E-state index is 12.9. The van der Waals surface area contributed by atoms with E-state index in [1.54, 1.807) is 36.5 Å². The van der Waals surface area contributed by atoms with E-state index >= 15 is 0 Å². The van der Waals surface area contributed by atoms with Crippen LogP contribution in [0.5, 0.6) is 5.75 Å². The van der Waals surface area contributed by atoms with Crippen molar-refractivity contribution in [1.82, 2.24) is 9.55 Å². The summed E-state index contributed by atoms with van der Waals surface area (Å²) in [5.41, 5.74) is 4.68. The SMILES string of the molecule is CCCCOCCOc1ccc(-c2cccc(/C=C/C(=O)Nc3ccc([S@](=O)Cc4cncn4CC4CC4)cc3)c2)cc1. The summed E-state index contributed by atoms with van der Waals surface area (Å²) in [5, 5.41) is 2.88. The molecule has 7 nitrogen and oxygen atoms in total. The number of hydrogen-bond acceptors (Lipinski definition) is 5. The molecule has 0 unspecified atom stereocenters. The van der Waals surface area contributed by atoms with Crippen molar-refractivity contribution in [1.29, 1.82) is 0 Å². The number of carbonyl (C=O) groups excluding carboxylic acids is 1. The minimum absolute atomic E-state index is 0.233. The molecule has 1 saturated carbocycles. The van der Waals surface area contributed by atoms with E-state index < -0.39 is 10.8 Å². The Kier molecular flexibility index (Phi) is 10.9. The van der Waals surface area contributed by atoms with Gasteiger partial charge in [0.25, 0.3) is 0 Å². The number of carbonyl (C=O) groups is 1. The average Bonchev–Trinajstić information content (AvgIpc) is 3.75.